The molecular weight excluding hydrogens is 460 g/mol. The van der Waals surface area contributed by atoms with Gasteiger partial charge in [0.15, 0.2) is 0 Å². The summed E-state index contributed by atoms with van der Waals surface area (Å²) in [6.45, 7) is 4.18. The number of amides is 2. The Hall–Kier alpha value is -3.55. The molecule has 1 heterocycles. The molecule has 2 amide bonds. The lowest BCUT2D eigenvalue weighted by atomic mass is 9.89. The minimum atomic E-state index is -4.56. The molecule has 1 unspecified atom stereocenters. The Morgan fingerprint density at radius 2 is 1.77 bits per heavy atom. The SMILES string of the molecule is COc1cc(F)c(C(C)C)cc1-c1ccc(C(F)(F)F)cc1C1CN(Cc2ccccc2)C(=O)N1. The molecule has 184 valence electrons. The van der Waals surface area contributed by atoms with Gasteiger partial charge in [0.2, 0.25) is 0 Å². The third-order valence-corrected chi connectivity index (χ3v) is 6.19. The van der Waals surface area contributed by atoms with Crippen molar-refractivity contribution in [3.8, 4) is 16.9 Å². The zero-order chi connectivity index (χ0) is 25.3. The number of nitrogens with one attached hydrogen (secondary N) is 1. The van der Waals surface area contributed by atoms with Gasteiger partial charge in [0.25, 0.3) is 0 Å². The summed E-state index contributed by atoms with van der Waals surface area (Å²) in [4.78, 5) is 14.3. The Kier molecular flexibility index (Phi) is 6.74. The standard InChI is InChI=1S/C27H26F4N2O2/c1-16(2)20-12-22(25(35-3)13-23(20)28)19-10-9-18(27(29,30)31)11-21(19)24-15-33(26(34)32-24)14-17-7-5-4-6-8-17/h4-13,16,24H,14-15H2,1-3H3,(H,32,34). The topological polar surface area (TPSA) is 41.6 Å². The number of methoxy groups -OCH3 is 1. The molecule has 0 aromatic heterocycles. The molecule has 1 aliphatic rings. The van der Waals surface area contributed by atoms with E-state index in [1.165, 1.54) is 19.2 Å². The zero-order valence-electron chi connectivity index (χ0n) is 19.6. The molecule has 1 atom stereocenters. The maximum absolute atomic E-state index is 14.6. The first-order valence-electron chi connectivity index (χ1n) is 11.3. The van der Waals surface area contributed by atoms with Crippen LogP contribution in [0.3, 0.4) is 0 Å². The molecule has 1 aliphatic heterocycles. The van der Waals surface area contributed by atoms with Gasteiger partial charge >= 0.3 is 12.2 Å². The summed E-state index contributed by atoms with van der Waals surface area (Å²) in [5, 5.41) is 2.82. The van der Waals surface area contributed by atoms with Crippen molar-refractivity contribution in [2.24, 2.45) is 0 Å². The van der Waals surface area contributed by atoms with Crippen molar-refractivity contribution < 1.29 is 27.1 Å². The van der Waals surface area contributed by atoms with Gasteiger partial charge in [0, 0.05) is 24.7 Å². The molecule has 1 saturated heterocycles. The van der Waals surface area contributed by atoms with Crippen LogP contribution >= 0.6 is 0 Å². The highest BCUT2D eigenvalue weighted by atomic mass is 19.4. The molecule has 3 aromatic rings. The highest BCUT2D eigenvalue weighted by molar-refractivity contribution is 5.80. The summed E-state index contributed by atoms with van der Waals surface area (Å²) in [7, 11) is 1.38. The van der Waals surface area contributed by atoms with Crippen molar-refractivity contribution >= 4 is 6.03 Å². The summed E-state index contributed by atoms with van der Waals surface area (Å²) in [6, 6.07) is 14.6. The molecular formula is C27H26F4N2O2. The normalized spacial score (nSPS) is 16.1. The van der Waals surface area contributed by atoms with E-state index in [0.29, 0.717) is 28.8 Å². The number of halogens is 4. The number of ether oxygens (including phenoxy) is 1. The van der Waals surface area contributed by atoms with Gasteiger partial charge in [-0.15, -0.1) is 0 Å². The number of hydrogen-bond acceptors (Lipinski definition) is 2. The number of alkyl halides is 3. The number of benzene rings is 3. The van der Waals surface area contributed by atoms with Crippen LogP contribution in [0.25, 0.3) is 11.1 Å². The van der Waals surface area contributed by atoms with Crippen LogP contribution in [0.5, 0.6) is 5.75 Å². The summed E-state index contributed by atoms with van der Waals surface area (Å²) < 4.78 is 60.9. The fraction of sp³-hybridized carbons (Fsp3) is 0.296. The van der Waals surface area contributed by atoms with E-state index in [-0.39, 0.29) is 24.2 Å². The molecule has 0 bridgehead atoms. The number of urea groups is 1. The molecule has 8 heteroatoms. The Balaban J connectivity index is 1.80. The molecule has 4 nitrogen and oxygen atoms in total. The lowest BCUT2D eigenvalue weighted by Gasteiger charge is -2.21. The van der Waals surface area contributed by atoms with Crippen LogP contribution in [-0.4, -0.2) is 24.6 Å². The summed E-state index contributed by atoms with van der Waals surface area (Å²) >= 11 is 0. The molecule has 0 aliphatic carbocycles. The first-order chi connectivity index (χ1) is 16.6. The van der Waals surface area contributed by atoms with E-state index in [0.717, 1.165) is 17.7 Å². The predicted molar refractivity (Wildman–Crippen MR) is 126 cm³/mol. The Morgan fingerprint density at radius 3 is 2.40 bits per heavy atom. The maximum Gasteiger partial charge on any atom is 0.416 e. The molecule has 1 N–H and O–H groups in total. The van der Waals surface area contributed by atoms with Crippen LogP contribution in [-0.2, 0) is 12.7 Å². The maximum atomic E-state index is 14.6. The minimum Gasteiger partial charge on any atom is -0.496 e. The van der Waals surface area contributed by atoms with E-state index in [1.807, 2.05) is 44.2 Å². The number of carbonyl (C=O) groups is 1. The van der Waals surface area contributed by atoms with Crippen molar-refractivity contribution in [1.82, 2.24) is 10.2 Å². The molecule has 35 heavy (non-hydrogen) atoms. The van der Waals surface area contributed by atoms with Crippen LogP contribution in [0.15, 0.2) is 60.7 Å². The molecule has 0 saturated carbocycles. The van der Waals surface area contributed by atoms with Crippen molar-refractivity contribution in [2.45, 2.75) is 38.5 Å². The fourth-order valence-electron chi connectivity index (χ4n) is 4.37. The van der Waals surface area contributed by atoms with Crippen LogP contribution < -0.4 is 10.1 Å². The largest absolute Gasteiger partial charge is 0.496 e. The van der Waals surface area contributed by atoms with E-state index in [9.17, 15) is 22.4 Å². The average Bonchev–Trinajstić information content (AvgIpc) is 3.18. The predicted octanol–water partition coefficient (Wildman–Crippen LogP) is 6.91. The quantitative estimate of drug-likeness (QED) is 0.385. The van der Waals surface area contributed by atoms with Gasteiger partial charge in [-0.2, -0.15) is 13.2 Å². The zero-order valence-corrected chi connectivity index (χ0v) is 19.6. The lowest BCUT2D eigenvalue weighted by Crippen LogP contribution is -2.27. The third-order valence-electron chi connectivity index (χ3n) is 6.19. The van der Waals surface area contributed by atoms with Gasteiger partial charge in [0.05, 0.1) is 18.7 Å². The molecule has 0 radical (unpaired) electrons. The Bertz CT molecular complexity index is 1230. The van der Waals surface area contributed by atoms with Gasteiger partial charge in [-0.1, -0.05) is 50.2 Å². The minimum absolute atomic E-state index is 0.148. The van der Waals surface area contributed by atoms with Gasteiger partial charge in [-0.05, 0) is 46.4 Å². The summed E-state index contributed by atoms with van der Waals surface area (Å²) in [6.07, 6.45) is -4.56. The molecule has 1 fully saturated rings. The third kappa shape index (κ3) is 5.11. The van der Waals surface area contributed by atoms with Crippen LogP contribution in [0.4, 0.5) is 22.4 Å². The van der Waals surface area contributed by atoms with Crippen LogP contribution in [0.2, 0.25) is 0 Å². The second kappa shape index (κ2) is 9.60. The lowest BCUT2D eigenvalue weighted by molar-refractivity contribution is -0.137. The highest BCUT2D eigenvalue weighted by Gasteiger charge is 2.36. The molecule has 0 spiro atoms. The van der Waals surface area contributed by atoms with Crippen LogP contribution in [0.1, 0.15) is 48.1 Å². The van der Waals surface area contributed by atoms with E-state index < -0.39 is 23.6 Å². The van der Waals surface area contributed by atoms with Gasteiger partial charge in [-0.3, -0.25) is 0 Å². The van der Waals surface area contributed by atoms with E-state index >= 15 is 0 Å². The summed E-state index contributed by atoms with van der Waals surface area (Å²) in [5.41, 5.74) is 1.73. The average molecular weight is 487 g/mol. The van der Waals surface area contributed by atoms with Crippen molar-refractivity contribution in [3.63, 3.8) is 0 Å². The first-order valence-corrected chi connectivity index (χ1v) is 11.3. The smallest absolute Gasteiger partial charge is 0.416 e. The summed E-state index contributed by atoms with van der Waals surface area (Å²) in [5.74, 6) is -0.388. The molecule has 3 aromatic carbocycles. The van der Waals surface area contributed by atoms with Gasteiger partial charge < -0.3 is 15.0 Å². The highest BCUT2D eigenvalue weighted by Crippen LogP contribution is 2.41. The van der Waals surface area contributed by atoms with Gasteiger partial charge in [-0.25, -0.2) is 9.18 Å². The Morgan fingerprint density at radius 1 is 1.06 bits per heavy atom. The van der Waals surface area contributed by atoms with E-state index in [2.05, 4.69) is 5.32 Å². The van der Waals surface area contributed by atoms with Crippen molar-refractivity contribution in [1.29, 1.82) is 0 Å². The fourth-order valence-corrected chi connectivity index (χ4v) is 4.37. The number of rotatable bonds is 6. The Labute approximate surface area is 201 Å². The molecule has 4 rings (SSSR count). The van der Waals surface area contributed by atoms with Gasteiger partial charge in [0.1, 0.15) is 11.6 Å². The number of carbonyl (C=O) groups excluding carboxylic acids is 1. The van der Waals surface area contributed by atoms with E-state index in [1.54, 1.807) is 11.0 Å². The second-order valence-corrected chi connectivity index (χ2v) is 8.90. The number of nitrogens with zero attached hydrogens (tertiary/aromatic N) is 1. The van der Waals surface area contributed by atoms with Crippen LogP contribution in [0, 0.1) is 5.82 Å². The van der Waals surface area contributed by atoms with Crippen molar-refractivity contribution in [3.05, 3.63) is 88.7 Å². The number of hydrogen-bond donors (Lipinski definition) is 1. The monoisotopic (exact) mass is 486 g/mol. The van der Waals surface area contributed by atoms with Crippen molar-refractivity contribution in [2.75, 3.05) is 13.7 Å². The first kappa shape index (κ1) is 24.6. The van der Waals surface area contributed by atoms with E-state index in [4.69, 9.17) is 4.74 Å². The second-order valence-electron chi connectivity index (χ2n) is 8.90.